The molecule has 0 aliphatic carbocycles. The summed E-state index contributed by atoms with van der Waals surface area (Å²) in [6, 6.07) is 0. The molecule has 118 valence electrons. The van der Waals surface area contributed by atoms with E-state index in [0.29, 0.717) is 38.8 Å². The van der Waals surface area contributed by atoms with E-state index in [-0.39, 0.29) is 12.4 Å². The second-order valence-electron chi connectivity index (χ2n) is 5.83. The second-order valence-corrected chi connectivity index (χ2v) is 5.83. The smallest absolute Gasteiger partial charge is 0.306 e. The minimum Gasteiger partial charge on any atom is -0.481 e. The summed E-state index contributed by atoms with van der Waals surface area (Å²) in [5, 5.41) is 21.1. The number of hydrogen-bond acceptors (Lipinski definition) is 5. The second kappa shape index (κ2) is 9.72. The Labute approximate surface area is 120 Å². The van der Waals surface area contributed by atoms with Crippen LogP contribution in [0.3, 0.4) is 0 Å². The lowest BCUT2D eigenvalue weighted by atomic mass is 10.1. The van der Waals surface area contributed by atoms with Crippen LogP contribution < -0.4 is 5.32 Å². The van der Waals surface area contributed by atoms with Gasteiger partial charge in [0.1, 0.15) is 5.60 Å². The maximum absolute atomic E-state index is 11.4. The van der Waals surface area contributed by atoms with Crippen LogP contribution in [-0.4, -0.2) is 46.9 Å². The molecule has 1 unspecified atom stereocenters. The highest BCUT2D eigenvalue weighted by molar-refractivity contribution is 5.69. The molecule has 0 saturated heterocycles. The molecule has 6 heteroatoms. The van der Waals surface area contributed by atoms with Crippen molar-refractivity contribution in [3.05, 3.63) is 0 Å². The van der Waals surface area contributed by atoms with Crippen molar-refractivity contribution in [1.29, 1.82) is 0 Å². The third-order valence-electron chi connectivity index (χ3n) is 2.46. The monoisotopic (exact) mass is 289 g/mol. The first-order valence-electron chi connectivity index (χ1n) is 7.03. The lowest BCUT2D eigenvalue weighted by molar-refractivity contribution is -0.154. The normalized spacial score (nSPS) is 13.0. The van der Waals surface area contributed by atoms with Crippen molar-refractivity contribution in [3.63, 3.8) is 0 Å². The van der Waals surface area contributed by atoms with Crippen LogP contribution in [0.15, 0.2) is 0 Å². The van der Waals surface area contributed by atoms with Gasteiger partial charge in [-0.3, -0.25) is 9.59 Å². The topological polar surface area (TPSA) is 95.9 Å². The van der Waals surface area contributed by atoms with Gasteiger partial charge in [0.05, 0.1) is 6.10 Å². The molecule has 0 aromatic rings. The van der Waals surface area contributed by atoms with Crippen molar-refractivity contribution < 1.29 is 24.5 Å². The Kier molecular flexibility index (Phi) is 9.16. The first-order valence-corrected chi connectivity index (χ1v) is 7.03. The lowest BCUT2D eigenvalue weighted by Crippen LogP contribution is -2.28. The average Bonchev–Trinajstić information content (AvgIpc) is 2.25. The molecule has 0 spiro atoms. The first kappa shape index (κ1) is 18.9. The number of aliphatic hydroxyl groups excluding tert-OH is 1. The fourth-order valence-corrected chi connectivity index (χ4v) is 1.61. The van der Waals surface area contributed by atoms with Gasteiger partial charge in [-0.2, -0.15) is 0 Å². The number of ether oxygens (including phenoxy) is 1. The number of hydrogen-bond donors (Lipinski definition) is 3. The number of carboxylic acids is 1. The SMILES string of the molecule is CC(C)(C)OC(=O)CCCNCC(O)CCCC(=O)O. The summed E-state index contributed by atoms with van der Waals surface area (Å²) < 4.78 is 5.17. The van der Waals surface area contributed by atoms with Gasteiger partial charge in [0, 0.05) is 19.4 Å². The Morgan fingerprint density at radius 2 is 1.85 bits per heavy atom. The molecular weight excluding hydrogens is 262 g/mol. The van der Waals surface area contributed by atoms with Gasteiger partial charge >= 0.3 is 11.9 Å². The maximum Gasteiger partial charge on any atom is 0.306 e. The average molecular weight is 289 g/mol. The Bertz CT molecular complexity index is 298. The zero-order valence-corrected chi connectivity index (χ0v) is 12.6. The number of esters is 1. The van der Waals surface area contributed by atoms with Crippen LogP contribution in [0.5, 0.6) is 0 Å². The van der Waals surface area contributed by atoms with Gasteiger partial charge in [-0.15, -0.1) is 0 Å². The van der Waals surface area contributed by atoms with Gasteiger partial charge in [0.15, 0.2) is 0 Å². The fourth-order valence-electron chi connectivity index (χ4n) is 1.61. The van der Waals surface area contributed by atoms with Crippen LogP contribution in [0.25, 0.3) is 0 Å². The molecule has 0 fully saturated rings. The summed E-state index contributed by atoms with van der Waals surface area (Å²) in [5.74, 6) is -1.07. The van der Waals surface area contributed by atoms with Crippen LogP contribution >= 0.6 is 0 Å². The molecule has 20 heavy (non-hydrogen) atoms. The number of carbonyl (C=O) groups is 2. The van der Waals surface area contributed by atoms with Gasteiger partial charge in [-0.1, -0.05) is 0 Å². The number of nitrogens with one attached hydrogen (secondary N) is 1. The summed E-state index contributed by atoms with van der Waals surface area (Å²) in [6.45, 7) is 6.52. The minimum atomic E-state index is -0.845. The molecule has 0 rings (SSSR count). The van der Waals surface area contributed by atoms with E-state index < -0.39 is 17.7 Å². The van der Waals surface area contributed by atoms with Gasteiger partial charge in [-0.05, 0) is 46.6 Å². The number of carboxylic acid groups (broad SMARTS) is 1. The predicted molar refractivity (Wildman–Crippen MR) is 75.4 cm³/mol. The van der Waals surface area contributed by atoms with Crippen molar-refractivity contribution >= 4 is 11.9 Å². The van der Waals surface area contributed by atoms with Crippen LogP contribution in [-0.2, 0) is 14.3 Å². The largest absolute Gasteiger partial charge is 0.481 e. The predicted octanol–water partition coefficient (Wildman–Crippen LogP) is 1.31. The van der Waals surface area contributed by atoms with Crippen molar-refractivity contribution in [3.8, 4) is 0 Å². The van der Waals surface area contributed by atoms with E-state index in [4.69, 9.17) is 9.84 Å². The molecule has 0 aromatic heterocycles. The number of carbonyl (C=O) groups excluding carboxylic acids is 1. The van der Waals surface area contributed by atoms with E-state index in [2.05, 4.69) is 5.32 Å². The first-order chi connectivity index (χ1) is 9.20. The van der Waals surface area contributed by atoms with Gasteiger partial charge in [-0.25, -0.2) is 0 Å². The number of aliphatic carboxylic acids is 1. The van der Waals surface area contributed by atoms with Gasteiger partial charge in [0.25, 0.3) is 0 Å². The molecule has 3 N–H and O–H groups in total. The Hall–Kier alpha value is -1.14. The van der Waals surface area contributed by atoms with E-state index in [1.807, 2.05) is 20.8 Å². The summed E-state index contributed by atoms with van der Waals surface area (Å²) >= 11 is 0. The summed E-state index contributed by atoms with van der Waals surface area (Å²) in [7, 11) is 0. The highest BCUT2D eigenvalue weighted by atomic mass is 16.6. The highest BCUT2D eigenvalue weighted by Crippen LogP contribution is 2.08. The number of rotatable bonds is 10. The van der Waals surface area contributed by atoms with Crippen molar-refractivity contribution in [2.45, 2.75) is 64.6 Å². The van der Waals surface area contributed by atoms with Gasteiger partial charge < -0.3 is 20.3 Å². The third-order valence-corrected chi connectivity index (χ3v) is 2.46. The zero-order chi connectivity index (χ0) is 15.6. The maximum atomic E-state index is 11.4. The summed E-state index contributed by atoms with van der Waals surface area (Å²) in [5.41, 5.74) is -0.454. The zero-order valence-electron chi connectivity index (χ0n) is 12.6. The minimum absolute atomic E-state index is 0.0791. The quantitative estimate of drug-likeness (QED) is 0.414. The van der Waals surface area contributed by atoms with Crippen LogP contribution in [0.4, 0.5) is 0 Å². The molecule has 0 aliphatic heterocycles. The number of aliphatic hydroxyl groups is 1. The van der Waals surface area contributed by atoms with Crippen molar-refractivity contribution in [2.75, 3.05) is 13.1 Å². The molecular formula is C14H27NO5. The standard InChI is InChI=1S/C14H27NO5/c1-14(2,3)20-13(19)8-5-9-15-10-11(16)6-4-7-12(17)18/h11,15-16H,4-10H2,1-3H3,(H,17,18). The highest BCUT2D eigenvalue weighted by Gasteiger charge is 2.15. The summed E-state index contributed by atoms with van der Waals surface area (Å²) in [6.07, 6.45) is 1.46. The van der Waals surface area contributed by atoms with E-state index >= 15 is 0 Å². The molecule has 0 saturated carbocycles. The molecule has 0 radical (unpaired) electrons. The van der Waals surface area contributed by atoms with E-state index in [9.17, 15) is 14.7 Å². The van der Waals surface area contributed by atoms with Crippen LogP contribution in [0, 0.1) is 0 Å². The molecule has 0 aromatic carbocycles. The summed E-state index contributed by atoms with van der Waals surface area (Å²) in [4.78, 5) is 21.7. The van der Waals surface area contributed by atoms with Crippen LogP contribution in [0.1, 0.15) is 52.9 Å². The van der Waals surface area contributed by atoms with Gasteiger partial charge in [0.2, 0.25) is 0 Å². The molecule has 0 bridgehead atoms. The van der Waals surface area contributed by atoms with Crippen LogP contribution in [0.2, 0.25) is 0 Å². The van der Waals surface area contributed by atoms with E-state index in [1.54, 1.807) is 0 Å². The Balaban J connectivity index is 3.47. The van der Waals surface area contributed by atoms with Crippen molar-refractivity contribution in [1.82, 2.24) is 5.32 Å². The molecule has 0 heterocycles. The molecule has 0 aliphatic rings. The Morgan fingerprint density at radius 1 is 1.20 bits per heavy atom. The van der Waals surface area contributed by atoms with Crippen molar-refractivity contribution in [2.24, 2.45) is 0 Å². The fraction of sp³-hybridized carbons (Fsp3) is 0.857. The molecule has 1 atom stereocenters. The Morgan fingerprint density at radius 3 is 2.40 bits per heavy atom. The molecule has 0 amide bonds. The lowest BCUT2D eigenvalue weighted by Gasteiger charge is -2.19. The van der Waals surface area contributed by atoms with E-state index in [0.717, 1.165) is 0 Å². The van der Waals surface area contributed by atoms with E-state index in [1.165, 1.54) is 0 Å². The third kappa shape index (κ3) is 13.3. The molecule has 6 nitrogen and oxygen atoms in total.